The zero-order valence-corrected chi connectivity index (χ0v) is 16.2. The van der Waals surface area contributed by atoms with Gasteiger partial charge in [0.15, 0.2) is 5.78 Å². The van der Waals surface area contributed by atoms with Crippen molar-refractivity contribution in [3.05, 3.63) is 60.2 Å². The number of sulfonamides is 1. The second kappa shape index (κ2) is 8.65. The number of benzene rings is 2. The predicted octanol–water partition coefficient (Wildman–Crippen LogP) is 2.27. The summed E-state index contributed by atoms with van der Waals surface area (Å²) in [6.45, 7) is 4.92. The molecule has 0 aromatic heterocycles. The van der Waals surface area contributed by atoms with Crippen LogP contribution >= 0.6 is 0 Å². The second-order valence-corrected chi connectivity index (χ2v) is 8.43. The third-order valence-electron chi connectivity index (χ3n) is 4.63. The van der Waals surface area contributed by atoms with E-state index in [0.29, 0.717) is 38.3 Å². The van der Waals surface area contributed by atoms with E-state index in [1.807, 2.05) is 30.3 Å². The fourth-order valence-corrected chi connectivity index (χ4v) is 4.50. The summed E-state index contributed by atoms with van der Waals surface area (Å²) >= 11 is 0. The van der Waals surface area contributed by atoms with Crippen molar-refractivity contribution in [2.75, 3.05) is 39.3 Å². The van der Waals surface area contributed by atoms with E-state index < -0.39 is 10.0 Å². The quantitative estimate of drug-likeness (QED) is 0.681. The molecule has 27 heavy (non-hydrogen) atoms. The Morgan fingerprint density at radius 2 is 1.70 bits per heavy atom. The number of piperazine rings is 1. The van der Waals surface area contributed by atoms with Gasteiger partial charge in [0.05, 0.1) is 4.90 Å². The lowest BCUT2D eigenvalue weighted by Crippen LogP contribution is -2.49. The first-order valence-electron chi connectivity index (χ1n) is 8.98. The van der Waals surface area contributed by atoms with Gasteiger partial charge in [0, 0.05) is 38.3 Å². The standard InChI is InChI=1S/C20H24N2O4S/c1-17(23)18-6-5-9-20(16-18)27(24,25)22-12-10-21(11-13-22)14-15-26-19-7-3-2-4-8-19/h2-9,16H,10-15H2,1H3. The Labute approximate surface area is 160 Å². The van der Waals surface area contributed by atoms with Gasteiger partial charge >= 0.3 is 0 Å². The molecule has 144 valence electrons. The van der Waals surface area contributed by atoms with Crippen LogP contribution in [0.15, 0.2) is 59.5 Å². The zero-order valence-electron chi connectivity index (χ0n) is 15.4. The highest BCUT2D eigenvalue weighted by Crippen LogP contribution is 2.19. The van der Waals surface area contributed by atoms with Crippen molar-refractivity contribution in [3.8, 4) is 5.75 Å². The topological polar surface area (TPSA) is 66.9 Å². The predicted molar refractivity (Wildman–Crippen MR) is 104 cm³/mol. The number of para-hydroxylation sites is 1. The fraction of sp³-hybridized carbons (Fsp3) is 0.350. The number of hydrogen-bond donors (Lipinski definition) is 0. The molecule has 3 rings (SSSR count). The Morgan fingerprint density at radius 3 is 2.37 bits per heavy atom. The number of ether oxygens (including phenoxy) is 1. The van der Waals surface area contributed by atoms with Crippen molar-refractivity contribution in [2.24, 2.45) is 0 Å². The lowest BCUT2D eigenvalue weighted by Gasteiger charge is -2.33. The minimum Gasteiger partial charge on any atom is -0.492 e. The summed E-state index contributed by atoms with van der Waals surface area (Å²) < 4.78 is 32.9. The van der Waals surface area contributed by atoms with Gasteiger partial charge in [-0.1, -0.05) is 30.3 Å². The Kier molecular flexibility index (Phi) is 6.26. The third kappa shape index (κ3) is 4.94. The summed E-state index contributed by atoms with van der Waals surface area (Å²) in [6, 6.07) is 15.9. The van der Waals surface area contributed by atoms with Crippen LogP contribution in [-0.4, -0.2) is 62.7 Å². The van der Waals surface area contributed by atoms with Crippen LogP contribution in [0.3, 0.4) is 0 Å². The number of carbonyl (C=O) groups is 1. The molecule has 0 aliphatic carbocycles. The molecule has 0 saturated carbocycles. The third-order valence-corrected chi connectivity index (χ3v) is 6.52. The normalized spacial score (nSPS) is 16.2. The molecule has 0 radical (unpaired) electrons. The fourth-order valence-electron chi connectivity index (χ4n) is 3.03. The maximum Gasteiger partial charge on any atom is 0.243 e. The number of nitrogens with zero attached hydrogens (tertiary/aromatic N) is 2. The number of rotatable bonds is 7. The van der Waals surface area contributed by atoms with Crippen LogP contribution in [0.25, 0.3) is 0 Å². The van der Waals surface area contributed by atoms with Crippen molar-refractivity contribution < 1.29 is 17.9 Å². The lowest BCUT2D eigenvalue weighted by molar-refractivity contribution is 0.101. The monoisotopic (exact) mass is 388 g/mol. The number of carbonyl (C=O) groups excluding carboxylic acids is 1. The summed E-state index contributed by atoms with van der Waals surface area (Å²) in [5, 5.41) is 0. The molecule has 0 bridgehead atoms. The first-order valence-corrected chi connectivity index (χ1v) is 10.4. The number of ketones is 1. The first kappa shape index (κ1) is 19.5. The van der Waals surface area contributed by atoms with Crippen LogP contribution in [0.1, 0.15) is 17.3 Å². The molecule has 0 N–H and O–H groups in total. The zero-order chi connectivity index (χ0) is 19.3. The van der Waals surface area contributed by atoms with Crippen LogP contribution < -0.4 is 4.74 Å². The molecule has 0 unspecified atom stereocenters. The van der Waals surface area contributed by atoms with E-state index in [-0.39, 0.29) is 10.7 Å². The average Bonchev–Trinajstić information content (AvgIpc) is 2.69. The average molecular weight is 388 g/mol. The van der Waals surface area contributed by atoms with Crippen molar-refractivity contribution in [2.45, 2.75) is 11.8 Å². The molecule has 0 spiro atoms. The van der Waals surface area contributed by atoms with Gasteiger partial charge in [0.25, 0.3) is 0 Å². The highest BCUT2D eigenvalue weighted by atomic mass is 32.2. The van der Waals surface area contributed by atoms with Crippen LogP contribution in [0.5, 0.6) is 5.75 Å². The van der Waals surface area contributed by atoms with Gasteiger partial charge in [0.2, 0.25) is 10.0 Å². The van der Waals surface area contributed by atoms with Gasteiger partial charge in [-0.2, -0.15) is 4.31 Å². The van der Waals surface area contributed by atoms with E-state index in [9.17, 15) is 13.2 Å². The largest absolute Gasteiger partial charge is 0.492 e. The Balaban J connectivity index is 1.53. The highest BCUT2D eigenvalue weighted by Gasteiger charge is 2.28. The van der Waals surface area contributed by atoms with Gasteiger partial charge in [0.1, 0.15) is 12.4 Å². The van der Waals surface area contributed by atoms with E-state index in [1.165, 1.54) is 17.3 Å². The first-order chi connectivity index (χ1) is 13.0. The summed E-state index contributed by atoms with van der Waals surface area (Å²) in [6.07, 6.45) is 0. The summed E-state index contributed by atoms with van der Waals surface area (Å²) in [5.74, 6) is 0.694. The van der Waals surface area contributed by atoms with Crippen LogP contribution in [0.4, 0.5) is 0 Å². The van der Waals surface area contributed by atoms with E-state index in [2.05, 4.69) is 4.90 Å². The molecule has 1 aliphatic heterocycles. The maximum atomic E-state index is 12.8. The Bertz CT molecular complexity index is 876. The molecule has 1 fully saturated rings. The molecular weight excluding hydrogens is 364 g/mol. The molecule has 6 nitrogen and oxygen atoms in total. The minimum atomic E-state index is -3.58. The van der Waals surface area contributed by atoms with Gasteiger partial charge in [-0.25, -0.2) is 8.42 Å². The van der Waals surface area contributed by atoms with Crippen molar-refractivity contribution >= 4 is 15.8 Å². The van der Waals surface area contributed by atoms with E-state index in [0.717, 1.165) is 12.3 Å². The van der Waals surface area contributed by atoms with Crippen LogP contribution in [0.2, 0.25) is 0 Å². The molecule has 0 atom stereocenters. The van der Waals surface area contributed by atoms with Crippen LogP contribution in [0, 0.1) is 0 Å². The minimum absolute atomic E-state index is 0.143. The molecule has 7 heteroatoms. The molecule has 1 aliphatic rings. The van der Waals surface area contributed by atoms with Crippen molar-refractivity contribution in [1.82, 2.24) is 9.21 Å². The molecule has 2 aromatic carbocycles. The van der Waals surface area contributed by atoms with Crippen molar-refractivity contribution in [3.63, 3.8) is 0 Å². The smallest absolute Gasteiger partial charge is 0.243 e. The van der Waals surface area contributed by atoms with Crippen molar-refractivity contribution in [1.29, 1.82) is 0 Å². The van der Waals surface area contributed by atoms with Crippen LogP contribution in [-0.2, 0) is 10.0 Å². The van der Waals surface area contributed by atoms with Gasteiger partial charge in [-0.3, -0.25) is 9.69 Å². The van der Waals surface area contributed by atoms with E-state index in [4.69, 9.17) is 4.74 Å². The Morgan fingerprint density at radius 1 is 1.00 bits per heavy atom. The van der Waals surface area contributed by atoms with E-state index in [1.54, 1.807) is 18.2 Å². The SMILES string of the molecule is CC(=O)c1cccc(S(=O)(=O)N2CCN(CCOc3ccccc3)CC2)c1. The second-order valence-electron chi connectivity index (χ2n) is 6.49. The summed E-state index contributed by atoms with van der Waals surface area (Å²) in [5.41, 5.74) is 0.410. The van der Waals surface area contributed by atoms with Gasteiger partial charge in [-0.15, -0.1) is 0 Å². The molecule has 1 heterocycles. The number of hydrogen-bond acceptors (Lipinski definition) is 5. The molecule has 1 saturated heterocycles. The molecular formula is C20H24N2O4S. The Hall–Kier alpha value is -2.22. The summed E-state index contributed by atoms with van der Waals surface area (Å²) in [4.78, 5) is 13.9. The highest BCUT2D eigenvalue weighted by molar-refractivity contribution is 7.89. The van der Waals surface area contributed by atoms with Gasteiger partial charge in [-0.05, 0) is 31.2 Å². The lowest BCUT2D eigenvalue weighted by atomic mass is 10.2. The summed E-state index contributed by atoms with van der Waals surface area (Å²) in [7, 11) is -3.58. The maximum absolute atomic E-state index is 12.8. The molecule has 2 aromatic rings. The van der Waals surface area contributed by atoms with E-state index >= 15 is 0 Å². The molecule has 0 amide bonds. The number of Topliss-reactive ketones (excluding diaryl/α,β-unsaturated/α-hetero) is 1. The van der Waals surface area contributed by atoms with Gasteiger partial charge < -0.3 is 4.74 Å².